The Balaban J connectivity index is 2.20. The van der Waals surface area contributed by atoms with Crippen LogP contribution < -0.4 is 5.73 Å². The van der Waals surface area contributed by atoms with Gasteiger partial charge in [0.15, 0.2) is 0 Å². The number of rotatable bonds is 5. The van der Waals surface area contributed by atoms with Gasteiger partial charge in [0.2, 0.25) is 5.95 Å². The summed E-state index contributed by atoms with van der Waals surface area (Å²) in [5.41, 5.74) is 7.86. The number of aryl methyl sites for hydroxylation is 1. The van der Waals surface area contributed by atoms with Gasteiger partial charge in [-0.1, -0.05) is 18.5 Å². The monoisotopic (exact) mass is 269 g/mol. The number of fused-ring (bicyclic) bond motifs is 1. The minimum atomic E-state index is 0.573. The molecule has 2 aromatic rings. The van der Waals surface area contributed by atoms with Gasteiger partial charge in [0, 0.05) is 11.6 Å². The summed E-state index contributed by atoms with van der Waals surface area (Å²) in [6.07, 6.45) is 1.10. The number of hydrogen-bond acceptors (Lipinski definition) is 3. The minimum absolute atomic E-state index is 0.573. The first-order valence-corrected chi connectivity index (χ1v) is 7.24. The number of anilines is 1. The molecule has 0 saturated carbocycles. The zero-order valence-corrected chi connectivity index (χ0v) is 11.4. The normalized spacial score (nSPS) is 11.2. The fourth-order valence-electron chi connectivity index (χ4n) is 1.82. The standard InChI is InChI=1S/C12H16ClN3S/c1-2-17-7-3-6-16-11-8-9(13)4-5-10(11)15-12(16)14/h4-5,8H,2-3,6-7H2,1H3,(H2,14,15). The van der Waals surface area contributed by atoms with Crippen molar-refractivity contribution in [3.05, 3.63) is 23.2 Å². The maximum atomic E-state index is 6.00. The molecule has 0 amide bonds. The van der Waals surface area contributed by atoms with Gasteiger partial charge in [-0.3, -0.25) is 0 Å². The second kappa shape index (κ2) is 5.65. The lowest BCUT2D eigenvalue weighted by Gasteiger charge is -2.06. The summed E-state index contributed by atoms with van der Waals surface area (Å²) in [6.45, 7) is 3.07. The SMILES string of the molecule is CCSCCCn1c(N)nc2ccc(Cl)cc21. The molecule has 0 radical (unpaired) electrons. The van der Waals surface area contributed by atoms with E-state index in [9.17, 15) is 0 Å². The maximum Gasteiger partial charge on any atom is 0.201 e. The van der Waals surface area contributed by atoms with Crippen LogP contribution in [-0.4, -0.2) is 21.1 Å². The van der Waals surface area contributed by atoms with Crippen molar-refractivity contribution in [2.75, 3.05) is 17.2 Å². The number of imidazole rings is 1. The molecule has 17 heavy (non-hydrogen) atoms. The molecule has 1 aromatic carbocycles. The smallest absolute Gasteiger partial charge is 0.201 e. The quantitative estimate of drug-likeness (QED) is 0.846. The summed E-state index contributed by atoms with van der Waals surface area (Å²) in [5, 5.41) is 0.724. The van der Waals surface area contributed by atoms with E-state index in [2.05, 4.69) is 11.9 Å². The summed E-state index contributed by atoms with van der Waals surface area (Å²) in [6, 6.07) is 5.67. The molecule has 92 valence electrons. The van der Waals surface area contributed by atoms with E-state index >= 15 is 0 Å². The van der Waals surface area contributed by atoms with Gasteiger partial charge in [-0.2, -0.15) is 11.8 Å². The molecule has 0 spiro atoms. The summed E-state index contributed by atoms with van der Waals surface area (Å²) < 4.78 is 2.04. The number of hydrogen-bond donors (Lipinski definition) is 1. The Kier molecular flexibility index (Phi) is 4.18. The third kappa shape index (κ3) is 2.87. The van der Waals surface area contributed by atoms with Crippen molar-refractivity contribution in [1.82, 2.24) is 9.55 Å². The first kappa shape index (κ1) is 12.6. The van der Waals surface area contributed by atoms with E-state index in [0.29, 0.717) is 5.95 Å². The average molecular weight is 270 g/mol. The van der Waals surface area contributed by atoms with Gasteiger partial charge in [-0.05, 0) is 36.1 Å². The topological polar surface area (TPSA) is 43.8 Å². The summed E-state index contributed by atoms with van der Waals surface area (Å²) in [5.74, 6) is 2.88. The molecule has 0 atom stereocenters. The molecule has 3 nitrogen and oxygen atoms in total. The average Bonchev–Trinajstić information content (AvgIpc) is 2.61. The van der Waals surface area contributed by atoms with E-state index in [4.69, 9.17) is 17.3 Å². The second-order valence-corrected chi connectivity index (χ2v) is 5.64. The van der Waals surface area contributed by atoms with Crippen molar-refractivity contribution in [2.24, 2.45) is 0 Å². The van der Waals surface area contributed by atoms with Crippen molar-refractivity contribution in [3.8, 4) is 0 Å². The second-order valence-electron chi connectivity index (χ2n) is 3.81. The lowest BCUT2D eigenvalue weighted by atomic mass is 10.3. The number of nitrogens with two attached hydrogens (primary N) is 1. The Labute approximate surface area is 110 Å². The Bertz CT molecular complexity index is 510. The molecule has 0 aliphatic rings. The molecule has 5 heteroatoms. The highest BCUT2D eigenvalue weighted by Gasteiger charge is 2.07. The van der Waals surface area contributed by atoms with Crippen molar-refractivity contribution in [1.29, 1.82) is 0 Å². The Morgan fingerprint density at radius 2 is 2.29 bits per heavy atom. The van der Waals surface area contributed by atoms with E-state index in [0.717, 1.165) is 40.5 Å². The van der Waals surface area contributed by atoms with Crippen LogP contribution >= 0.6 is 23.4 Å². The Morgan fingerprint density at radius 3 is 3.06 bits per heavy atom. The highest BCUT2D eigenvalue weighted by Crippen LogP contribution is 2.22. The van der Waals surface area contributed by atoms with E-state index in [1.54, 1.807) is 0 Å². The third-order valence-electron chi connectivity index (χ3n) is 2.61. The van der Waals surface area contributed by atoms with Crippen molar-refractivity contribution < 1.29 is 0 Å². The Morgan fingerprint density at radius 1 is 1.47 bits per heavy atom. The summed E-state index contributed by atoms with van der Waals surface area (Å²) in [4.78, 5) is 4.33. The number of halogens is 1. The molecule has 0 unspecified atom stereocenters. The van der Waals surface area contributed by atoms with Gasteiger partial charge in [0.05, 0.1) is 11.0 Å². The molecular formula is C12H16ClN3S. The molecule has 1 aromatic heterocycles. The van der Waals surface area contributed by atoms with E-state index in [1.165, 1.54) is 0 Å². The number of aromatic nitrogens is 2. The molecule has 0 bridgehead atoms. The van der Waals surface area contributed by atoms with Gasteiger partial charge in [-0.25, -0.2) is 4.98 Å². The maximum absolute atomic E-state index is 6.00. The minimum Gasteiger partial charge on any atom is -0.369 e. The number of nitrogen functional groups attached to an aromatic ring is 1. The summed E-state index contributed by atoms with van der Waals surface area (Å²) in [7, 11) is 0. The fourth-order valence-corrected chi connectivity index (χ4v) is 2.61. The van der Waals surface area contributed by atoms with Crippen molar-refractivity contribution >= 4 is 40.3 Å². The van der Waals surface area contributed by atoms with Crippen LogP contribution in [0.15, 0.2) is 18.2 Å². The van der Waals surface area contributed by atoms with Gasteiger partial charge < -0.3 is 10.3 Å². The van der Waals surface area contributed by atoms with Crippen LogP contribution in [0.25, 0.3) is 11.0 Å². The third-order valence-corrected chi connectivity index (χ3v) is 3.84. The van der Waals surface area contributed by atoms with Crippen LogP contribution in [0.2, 0.25) is 5.02 Å². The predicted octanol–water partition coefficient (Wildman–Crippen LogP) is 3.42. The molecule has 1 heterocycles. The van der Waals surface area contributed by atoms with Crippen LogP contribution in [0.5, 0.6) is 0 Å². The highest BCUT2D eigenvalue weighted by molar-refractivity contribution is 7.99. The molecule has 2 N–H and O–H groups in total. The number of benzene rings is 1. The molecule has 0 aliphatic carbocycles. The Hall–Kier alpha value is -0.870. The van der Waals surface area contributed by atoms with Gasteiger partial charge in [0.25, 0.3) is 0 Å². The van der Waals surface area contributed by atoms with Crippen LogP contribution in [0.1, 0.15) is 13.3 Å². The van der Waals surface area contributed by atoms with Gasteiger partial charge in [0.1, 0.15) is 0 Å². The molecule has 2 rings (SSSR count). The lowest BCUT2D eigenvalue weighted by molar-refractivity contribution is 0.712. The summed E-state index contributed by atoms with van der Waals surface area (Å²) >= 11 is 7.94. The van der Waals surface area contributed by atoms with E-state index in [1.807, 2.05) is 34.5 Å². The number of thioether (sulfide) groups is 1. The van der Waals surface area contributed by atoms with Crippen LogP contribution in [0.3, 0.4) is 0 Å². The van der Waals surface area contributed by atoms with Crippen LogP contribution in [-0.2, 0) is 6.54 Å². The van der Waals surface area contributed by atoms with Gasteiger partial charge in [-0.15, -0.1) is 0 Å². The molecule has 0 saturated heterocycles. The molecular weight excluding hydrogens is 254 g/mol. The van der Waals surface area contributed by atoms with E-state index < -0.39 is 0 Å². The van der Waals surface area contributed by atoms with Crippen molar-refractivity contribution in [3.63, 3.8) is 0 Å². The number of nitrogens with zero attached hydrogens (tertiary/aromatic N) is 2. The zero-order chi connectivity index (χ0) is 12.3. The van der Waals surface area contributed by atoms with Crippen LogP contribution in [0, 0.1) is 0 Å². The lowest BCUT2D eigenvalue weighted by Crippen LogP contribution is -2.04. The van der Waals surface area contributed by atoms with Gasteiger partial charge >= 0.3 is 0 Å². The van der Waals surface area contributed by atoms with Crippen LogP contribution in [0.4, 0.5) is 5.95 Å². The fraction of sp³-hybridized carbons (Fsp3) is 0.417. The molecule has 0 aliphatic heterocycles. The highest BCUT2D eigenvalue weighted by atomic mass is 35.5. The zero-order valence-electron chi connectivity index (χ0n) is 9.82. The predicted molar refractivity (Wildman–Crippen MR) is 76.8 cm³/mol. The van der Waals surface area contributed by atoms with Crippen molar-refractivity contribution in [2.45, 2.75) is 19.9 Å². The van der Waals surface area contributed by atoms with E-state index in [-0.39, 0.29) is 0 Å². The largest absolute Gasteiger partial charge is 0.369 e. The molecule has 0 fully saturated rings. The first-order valence-electron chi connectivity index (χ1n) is 5.71. The first-order chi connectivity index (χ1) is 8.22.